The second-order valence-corrected chi connectivity index (χ2v) is 5.77. The molecule has 4 nitrogen and oxygen atoms in total. The normalized spacial score (nSPS) is 17.4. The molecule has 0 bridgehead atoms. The van der Waals surface area contributed by atoms with E-state index >= 15 is 0 Å². The van der Waals surface area contributed by atoms with Crippen molar-refractivity contribution in [2.45, 2.75) is 26.3 Å². The summed E-state index contributed by atoms with van der Waals surface area (Å²) in [5.74, 6) is 0.759. The van der Waals surface area contributed by atoms with Gasteiger partial charge in [-0.15, -0.1) is 0 Å². The van der Waals surface area contributed by atoms with Crippen LogP contribution in [0.1, 0.15) is 18.4 Å². The maximum Gasteiger partial charge on any atom is 0.144 e. The lowest BCUT2D eigenvalue weighted by Crippen LogP contribution is -2.29. The number of piperidine rings is 1. The SMILES string of the molecule is Cc1cn(CC2CCNCC2)c2ncnc(Br)c12. The molecule has 0 aliphatic carbocycles. The molecule has 0 saturated carbocycles. The monoisotopic (exact) mass is 308 g/mol. The topological polar surface area (TPSA) is 42.7 Å². The maximum absolute atomic E-state index is 4.43. The lowest BCUT2D eigenvalue weighted by atomic mass is 9.98. The Labute approximate surface area is 115 Å². The molecule has 1 aliphatic heterocycles. The van der Waals surface area contributed by atoms with Crippen molar-refractivity contribution < 1.29 is 0 Å². The van der Waals surface area contributed by atoms with Gasteiger partial charge in [0.1, 0.15) is 16.6 Å². The Hall–Kier alpha value is -0.940. The summed E-state index contributed by atoms with van der Waals surface area (Å²) in [7, 11) is 0. The highest BCUT2D eigenvalue weighted by Crippen LogP contribution is 2.26. The molecule has 18 heavy (non-hydrogen) atoms. The molecule has 3 heterocycles. The molecule has 1 N–H and O–H groups in total. The molecule has 0 radical (unpaired) electrons. The average Bonchev–Trinajstić information content (AvgIpc) is 2.69. The standard InChI is InChI=1S/C13H17BrN4/c1-9-6-18(7-10-2-4-15-5-3-10)13-11(9)12(14)16-8-17-13/h6,8,10,15H,2-5,7H2,1H3. The lowest BCUT2D eigenvalue weighted by Gasteiger charge is -2.23. The van der Waals surface area contributed by atoms with Gasteiger partial charge in [-0.05, 0) is 60.3 Å². The maximum atomic E-state index is 4.43. The van der Waals surface area contributed by atoms with E-state index in [1.165, 1.54) is 18.4 Å². The average molecular weight is 309 g/mol. The molecule has 1 fully saturated rings. The first kappa shape index (κ1) is 12.1. The summed E-state index contributed by atoms with van der Waals surface area (Å²) in [6, 6.07) is 0. The van der Waals surface area contributed by atoms with Gasteiger partial charge >= 0.3 is 0 Å². The van der Waals surface area contributed by atoms with E-state index in [1.54, 1.807) is 6.33 Å². The van der Waals surface area contributed by atoms with Gasteiger partial charge in [0.2, 0.25) is 0 Å². The second-order valence-electron chi connectivity index (χ2n) is 5.02. The Balaban J connectivity index is 1.94. The van der Waals surface area contributed by atoms with Crippen molar-refractivity contribution in [3.8, 4) is 0 Å². The van der Waals surface area contributed by atoms with Crippen LogP contribution in [0.4, 0.5) is 0 Å². The molecule has 0 spiro atoms. The summed E-state index contributed by atoms with van der Waals surface area (Å²) in [5, 5.41) is 4.55. The van der Waals surface area contributed by atoms with E-state index in [2.05, 4.69) is 48.9 Å². The second kappa shape index (κ2) is 4.97. The number of aryl methyl sites for hydroxylation is 1. The quantitative estimate of drug-likeness (QED) is 0.867. The van der Waals surface area contributed by atoms with Gasteiger partial charge in [-0.2, -0.15) is 0 Å². The van der Waals surface area contributed by atoms with Crippen LogP contribution in [-0.2, 0) is 6.54 Å². The number of halogens is 1. The number of rotatable bonds is 2. The minimum Gasteiger partial charge on any atom is -0.332 e. The Morgan fingerprint density at radius 2 is 2.17 bits per heavy atom. The first-order valence-electron chi connectivity index (χ1n) is 6.42. The van der Waals surface area contributed by atoms with Crippen LogP contribution in [0, 0.1) is 12.8 Å². The van der Waals surface area contributed by atoms with E-state index in [4.69, 9.17) is 0 Å². The summed E-state index contributed by atoms with van der Waals surface area (Å²) < 4.78 is 3.18. The first-order valence-corrected chi connectivity index (χ1v) is 7.21. The molecule has 2 aromatic heterocycles. The molecule has 1 aliphatic rings. The van der Waals surface area contributed by atoms with Crippen LogP contribution in [0.25, 0.3) is 11.0 Å². The van der Waals surface area contributed by atoms with Crippen LogP contribution in [-0.4, -0.2) is 27.6 Å². The van der Waals surface area contributed by atoms with Crippen LogP contribution in [0.15, 0.2) is 17.1 Å². The zero-order valence-corrected chi connectivity index (χ0v) is 12.1. The van der Waals surface area contributed by atoms with E-state index in [1.807, 2.05) is 0 Å². The van der Waals surface area contributed by atoms with Gasteiger partial charge in [0.05, 0.1) is 5.39 Å². The van der Waals surface area contributed by atoms with Crippen molar-refractivity contribution in [1.82, 2.24) is 19.9 Å². The number of hydrogen-bond acceptors (Lipinski definition) is 3. The van der Waals surface area contributed by atoms with Crippen LogP contribution < -0.4 is 5.32 Å². The van der Waals surface area contributed by atoms with Gasteiger partial charge in [-0.1, -0.05) is 0 Å². The third kappa shape index (κ3) is 2.17. The molecule has 3 rings (SSSR count). The van der Waals surface area contributed by atoms with E-state index < -0.39 is 0 Å². The predicted molar refractivity (Wildman–Crippen MR) is 75.6 cm³/mol. The Bertz CT molecular complexity index is 557. The number of nitrogens with zero attached hydrogens (tertiary/aromatic N) is 3. The van der Waals surface area contributed by atoms with Gasteiger partial charge in [-0.3, -0.25) is 0 Å². The molecule has 5 heteroatoms. The minimum absolute atomic E-state index is 0.759. The van der Waals surface area contributed by atoms with Gasteiger partial charge in [0.25, 0.3) is 0 Å². The van der Waals surface area contributed by atoms with Gasteiger partial charge < -0.3 is 9.88 Å². The van der Waals surface area contributed by atoms with Crippen LogP contribution in [0.5, 0.6) is 0 Å². The molecule has 96 valence electrons. The summed E-state index contributed by atoms with van der Waals surface area (Å²) in [6.45, 7) is 5.47. The summed E-state index contributed by atoms with van der Waals surface area (Å²) in [4.78, 5) is 8.65. The van der Waals surface area contributed by atoms with Crippen molar-refractivity contribution in [3.05, 3.63) is 22.7 Å². The third-order valence-corrected chi connectivity index (χ3v) is 4.31. The number of nitrogens with one attached hydrogen (secondary N) is 1. The van der Waals surface area contributed by atoms with Gasteiger partial charge in [0.15, 0.2) is 0 Å². The summed E-state index contributed by atoms with van der Waals surface area (Å²) >= 11 is 3.51. The highest BCUT2D eigenvalue weighted by molar-refractivity contribution is 9.10. The molecule has 0 unspecified atom stereocenters. The fourth-order valence-electron chi connectivity index (χ4n) is 2.75. The highest BCUT2D eigenvalue weighted by atomic mass is 79.9. The number of fused-ring (bicyclic) bond motifs is 1. The number of hydrogen-bond donors (Lipinski definition) is 1. The minimum atomic E-state index is 0.759. The van der Waals surface area contributed by atoms with E-state index in [9.17, 15) is 0 Å². The Morgan fingerprint density at radius 1 is 1.39 bits per heavy atom. The van der Waals surface area contributed by atoms with E-state index in [-0.39, 0.29) is 0 Å². The first-order chi connectivity index (χ1) is 8.75. The molecule has 0 atom stereocenters. The molecule has 0 amide bonds. The van der Waals surface area contributed by atoms with E-state index in [0.29, 0.717) is 0 Å². The number of aromatic nitrogens is 3. The smallest absolute Gasteiger partial charge is 0.144 e. The lowest BCUT2D eigenvalue weighted by molar-refractivity contribution is 0.336. The van der Waals surface area contributed by atoms with E-state index in [0.717, 1.165) is 41.2 Å². The molecular weight excluding hydrogens is 292 g/mol. The molecule has 2 aromatic rings. The highest BCUT2D eigenvalue weighted by Gasteiger charge is 2.16. The molecular formula is C13H17BrN4. The summed E-state index contributed by atoms with van der Waals surface area (Å²) in [5.41, 5.74) is 2.29. The Morgan fingerprint density at radius 3 is 2.94 bits per heavy atom. The van der Waals surface area contributed by atoms with Crippen molar-refractivity contribution in [1.29, 1.82) is 0 Å². The molecule has 0 aromatic carbocycles. The van der Waals surface area contributed by atoms with Crippen LogP contribution in [0.2, 0.25) is 0 Å². The zero-order valence-electron chi connectivity index (χ0n) is 10.5. The van der Waals surface area contributed by atoms with Crippen molar-refractivity contribution in [2.24, 2.45) is 5.92 Å². The van der Waals surface area contributed by atoms with Gasteiger partial charge in [-0.25, -0.2) is 9.97 Å². The molecule has 1 saturated heterocycles. The van der Waals surface area contributed by atoms with Crippen molar-refractivity contribution in [3.63, 3.8) is 0 Å². The predicted octanol–water partition coefficient (Wildman–Crippen LogP) is 2.50. The van der Waals surface area contributed by atoms with Crippen molar-refractivity contribution in [2.75, 3.05) is 13.1 Å². The van der Waals surface area contributed by atoms with Crippen LogP contribution >= 0.6 is 15.9 Å². The Kier molecular flexibility index (Phi) is 3.35. The fraction of sp³-hybridized carbons (Fsp3) is 0.538. The van der Waals surface area contributed by atoms with Gasteiger partial charge in [0, 0.05) is 12.7 Å². The summed E-state index contributed by atoms with van der Waals surface area (Å²) in [6.07, 6.45) is 6.34. The largest absolute Gasteiger partial charge is 0.332 e. The zero-order chi connectivity index (χ0) is 12.5. The van der Waals surface area contributed by atoms with Crippen LogP contribution in [0.3, 0.4) is 0 Å². The van der Waals surface area contributed by atoms with Crippen molar-refractivity contribution >= 4 is 27.0 Å². The fourth-order valence-corrected chi connectivity index (χ4v) is 3.34. The third-order valence-electron chi connectivity index (χ3n) is 3.71.